The monoisotopic (exact) mass is 393 g/mol. The van der Waals surface area contributed by atoms with Crippen LogP contribution in [0.2, 0.25) is 18.1 Å². The van der Waals surface area contributed by atoms with Gasteiger partial charge in [0.05, 0.1) is 6.08 Å². The average molecular weight is 394 g/mol. The number of carbonyl (C=O) groups excluding carboxylic acids is 2. The van der Waals surface area contributed by atoms with Gasteiger partial charge in [0, 0.05) is 29.2 Å². The van der Waals surface area contributed by atoms with E-state index < -0.39 is 8.32 Å². The van der Waals surface area contributed by atoms with E-state index in [1.807, 2.05) is 0 Å². The van der Waals surface area contributed by atoms with E-state index in [0.29, 0.717) is 23.1 Å². The molecule has 2 atom stereocenters. The highest BCUT2D eigenvalue weighted by Gasteiger charge is 2.46. The number of allylic oxidation sites excluding steroid dienone is 10. The topological polar surface area (TPSA) is 43.4 Å². The highest BCUT2D eigenvalue weighted by atomic mass is 28.4. The van der Waals surface area contributed by atoms with Crippen LogP contribution in [0.1, 0.15) is 46.5 Å². The molecule has 4 aliphatic carbocycles. The van der Waals surface area contributed by atoms with Crippen LogP contribution in [0.5, 0.6) is 0 Å². The lowest BCUT2D eigenvalue weighted by atomic mass is 9.67. The third-order valence-corrected chi connectivity index (χ3v) is 11.6. The summed E-state index contributed by atoms with van der Waals surface area (Å²) in [6, 6.07) is 0. The van der Waals surface area contributed by atoms with Gasteiger partial charge < -0.3 is 4.43 Å². The van der Waals surface area contributed by atoms with Gasteiger partial charge in [0.15, 0.2) is 8.32 Å². The molecule has 0 unspecified atom stereocenters. The van der Waals surface area contributed by atoms with E-state index in [1.165, 1.54) is 5.57 Å². The van der Waals surface area contributed by atoms with Crippen LogP contribution in [0.3, 0.4) is 0 Å². The molecule has 0 amide bonds. The number of rotatable bonds is 2. The second-order valence-corrected chi connectivity index (χ2v) is 14.6. The van der Waals surface area contributed by atoms with E-state index in [9.17, 15) is 9.59 Å². The van der Waals surface area contributed by atoms with Crippen molar-refractivity contribution in [2.75, 3.05) is 0 Å². The fourth-order valence-electron chi connectivity index (χ4n) is 4.47. The molecule has 4 heteroatoms. The molecule has 0 heterocycles. The van der Waals surface area contributed by atoms with E-state index in [1.54, 1.807) is 18.2 Å². The zero-order chi connectivity index (χ0) is 20.3. The minimum Gasteiger partial charge on any atom is -0.414 e. The van der Waals surface area contributed by atoms with E-state index >= 15 is 0 Å². The lowest BCUT2D eigenvalue weighted by Gasteiger charge is -2.43. The Morgan fingerprint density at radius 2 is 1.89 bits per heavy atom. The molecule has 3 nitrogen and oxygen atoms in total. The summed E-state index contributed by atoms with van der Waals surface area (Å²) < 4.78 is 6.69. The standard InChI is InChI=1S/C24H29O3Si/c1-24(2,3)28(4,5)27-16-12-10-15-11-13-19-21(20(15)14-16)23(26)18-9-7-6-8-17(18)22(19)25/h6,8-9,11,16,20H,10,12-14H2,1-5H3/q+1/t16-,20-/m0/s1. The molecule has 28 heavy (non-hydrogen) atoms. The molecule has 4 aliphatic rings. The van der Waals surface area contributed by atoms with Gasteiger partial charge in [-0.3, -0.25) is 9.59 Å². The van der Waals surface area contributed by atoms with Crippen molar-refractivity contribution in [3.63, 3.8) is 0 Å². The van der Waals surface area contributed by atoms with Crippen molar-refractivity contribution >= 4 is 19.9 Å². The summed E-state index contributed by atoms with van der Waals surface area (Å²) in [6.45, 7) is 11.3. The number of ketones is 2. The molecule has 0 aromatic heterocycles. The fourth-order valence-corrected chi connectivity index (χ4v) is 5.87. The summed E-state index contributed by atoms with van der Waals surface area (Å²) in [5.41, 5.74) is 3.80. The third kappa shape index (κ3) is 3.04. The zero-order valence-corrected chi connectivity index (χ0v) is 18.5. The molecule has 0 bridgehead atoms. The Bertz CT molecular complexity index is 903. The first-order chi connectivity index (χ1) is 13.1. The minimum absolute atomic E-state index is 0.0151. The van der Waals surface area contributed by atoms with Crippen LogP contribution in [0.4, 0.5) is 0 Å². The Morgan fingerprint density at radius 3 is 2.61 bits per heavy atom. The highest BCUT2D eigenvalue weighted by Crippen LogP contribution is 2.47. The maximum absolute atomic E-state index is 13.3. The Morgan fingerprint density at radius 1 is 1.14 bits per heavy atom. The van der Waals surface area contributed by atoms with Crippen molar-refractivity contribution < 1.29 is 14.0 Å². The molecule has 0 aliphatic heterocycles. The van der Waals surface area contributed by atoms with Crippen LogP contribution < -0.4 is 0 Å². The van der Waals surface area contributed by atoms with Gasteiger partial charge in [-0.2, -0.15) is 0 Å². The summed E-state index contributed by atoms with van der Waals surface area (Å²) in [4.78, 5) is 26.3. The van der Waals surface area contributed by atoms with E-state index in [2.05, 4.69) is 46.0 Å². The lowest BCUT2D eigenvalue weighted by Crippen LogP contribution is -2.45. The van der Waals surface area contributed by atoms with Gasteiger partial charge in [-0.1, -0.05) is 32.4 Å². The van der Waals surface area contributed by atoms with E-state index in [4.69, 9.17) is 4.43 Å². The number of hydrogen-bond donors (Lipinski definition) is 0. The lowest BCUT2D eigenvalue weighted by molar-refractivity contribution is -0.116. The van der Waals surface area contributed by atoms with Gasteiger partial charge in [0.1, 0.15) is 23.3 Å². The first-order valence-electron chi connectivity index (χ1n) is 10.3. The molecule has 0 aromatic rings. The van der Waals surface area contributed by atoms with Gasteiger partial charge in [-0.05, 0) is 43.8 Å². The number of fused-ring (bicyclic) bond motifs is 2. The van der Waals surface area contributed by atoms with Crippen molar-refractivity contribution in [1.29, 1.82) is 0 Å². The second-order valence-electron chi connectivity index (χ2n) is 9.83. The predicted octanol–water partition coefficient (Wildman–Crippen LogP) is 5.18. The quantitative estimate of drug-likeness (QED) is 0.281. The molecule has 0 spiro atoms. The van der Waals surface area contributed by atoms with Crippen LogP contribution in [0.15, 0.2) is 52.2 Å². The van der Waals surface area contributed by atoms with Crippen molar-refractivity contribution in [2.45, 2.75) is 70.7 Å². The van der Waals surface area contributed by atoms with Crippen LogP contribution in [0.25, 0.3) is 0 Å². The molecule has 0 N–H and O–H groups in total. The molecule has 4 rings (SSSR count). The summed E-state index contributed by atoms with van der Waals surface area (Å²) >= 11 is 0. The Labute approximate surface area is 169 Å². The normalized spacial score (nSPS) is 27.2. The third-order valence-electron chi connectivity index (χ3n) is 7.08. The average Bonchev–Trinajstić information content (AvgIpc) is 2.64. The molecule has 1 saturated carbocycles. The number of hydrogen-bond acceptors (Lipinski definition) is 3. The summed E-state index contributed by atoms with van der Waals surface area (Å²) in [6.07, 6.45) is 13.8. The number of carbonyl (C=O) groups is 2. The largest absolute Gasteiger partial charge is 0.414 e. The summed E-state index contributed by atoms with van der Waals surface area (Å²) in [5, 5.41) is 0.158. The maximum Gasteiger partial charge on any atom is 0.246 e. The van der Waals surface area contributed by atoms with Crippen LogP contribution in [0, 0.1) is 12.0 Å². The van der Waals surface area contributed by atoms with Crippen LogP contribution >= 0.6 is 0 Å². The minimum atomic E-state index is -1.87. The number of Topliss-reactive ketones (excluding diaryl/α,β-unsaturated/α-hetero) is 2. The zero-order valence-electron chi connectivity index (χ0n) is 17.5. The highest BCUT2D eigenvalue weighted by molar-refractivity contribution is 6.74. The van der Waals surface area contributed by atoms with Crippen molar-refractivity contribution in [1.82, 2.24) is 0 Å². The Balaban J connectivity index is 1.63. The first-order valence-corrected chi connectivity index (χ1v) is 13.2. The first kappa shape index (κ1) is 19.4. The molecular formula is C24H29O3Si+. The Kier molecular flexibility index (Phi) is 4.57. The molecule has 1 fully saturated rings. The fraction of sp³-hybridized carbons (Fsp3) is 0.500. The SMILES string of the molecule is CC(C)(C)[Si](C)(C)O[C@H]1CCC2=CCC3=C(C(=O)C4=C(C=C[C+]=C4)C3=O)[C@H]2C1. The maximum atomic E-state index is 13.3. The van der Waals surface area contributed by atoms with Crippen molar-refractivity contribution in [2.24, 2.45) is 5.92 Å². The van der Waals surface area contributed by atoms with Crippen molar-refractivity contribution in [3.05, 3.63) is 58.2 Å². The van der Waals surface area contributed by atoms with Crippen molar-refractivity contribution in [3.8, 4) is 0 Å². The van der Waals surface area contributed by atoms with Gasteiger partial charge in [-0.15, -0.1) is 0 Å². The van der Waals surface area contributed by atoms with Gasteiger partial charge in [0.25, 0.3) is 0 Å². The summed E-state index contributed by atoms with van der Waals surface area (Å²) in [5.74, 6) is 0.0587. The second kappa shape index (κ2) is 6.59. The molecule has 0 radical (unpaired) electrons. The Hall–Kier alpha value is -1.87. The van der Waals surface area contributed by atoms with Crippen LogP contribution in [-0.4, -0.2) is 26.0 Å². The van der Waals surface area contributed by atoms with E-state index in [0.717, 1.165) is 24.8 Å². The van der Waals surface area contributed by atoms with Gasteiger partial charge >= 0.3 is 0 Å². The van der Waals surface area contributed by atoms with E-state index in [-0.39, 0.29) is 28.6 Å². The molecule has 146 valence electrons. The smallest absolute Gasteiger partial charge is 0.246 e. The van der Waals surface area contributed by atoms with Crippen LogP contribution in [-0.2, 0) is 14.0 Å². The molecule has 0 saturated heterocycles. The molecular weight excluding hydrogens is 364 g/mol. The molecule has 0 aromatic carbocycles. The predicted molar refractivity (Wildman–Crippen MR) is 113 cm³/mol. The van der Waals surface area contributed by atoms with Gasteiger partial charge in [-0.25, -0.2) is 0 Å². The van der Waals surface area contributed by atoms with Gasteiger partial charge in [0.2, 0.25) is 11.6 Å². The summed E-state index contributed by atoms with van der Waals surface area (Å²) in [7, 11) is -1.87.